The second-order valence-electron chi connectivity index (χ2n) is 5.92. The molecule has 1 N–H and O–H groups in total. The summed E-state index contributed by atoms with van der Waals surface area (Å²) < 4.78 is 5.72. The van der Waals surface area contributed by atoms with E-state index in [2.05, 4.69) is 10.5 Å². The molecule has 29 heavy (non-hydrogen) atoms. The highest BCUT2D eigenvalue weighted by molar-refractivity contribution is 6.36. The molecule has 8 heteroatoms. The summed E-state index contributed by atoms with van der Waals surface area (Å²) >= 11 is 23.8. The Morgan fingerprint density at radius 2 is 1.55 bits per heavy atom. The number of amides is 1. The molecule has 1 amide bonds. The highest BCUT2D eigenvalue weighted by Gasteiger charge is 2.09. The van der Waals surface area contributed by atoms with E-state index in [0.29, 0.717) is 27.4 Å². The summed E-state index contributed by atoms with van der Waals surface area (Å²) in [6, 6.07) is 17.1. The number of benzene rings is 3. The van der Waals surface area contributed by atoms with E-state index in [1.54, 1.807) is 30.3 Å². The third-order valence-electron chi connectivity index (χ3n) is 3.85. The fourth-order valence-corrected chi connectivity index (χ4v) is 3.31. The van der Waals surface area contributed by atoms with Crippen LogP contribution in [0.5, 0.6) is 5.75 Å². The molecule has 0 saturated heterocycles. The number of carbonyl (C=O) groups excluding carboxylic acids is 1. The van der Waals surface area contributed by atoms with Gasteiger partial charge in [-0.3, -0.25) is 4.79 Å². The Labute approximate surface area is 188 Å². The molecule has 0 heterocycles. The number of nitrogens with zero attached hydrogens (tertiary/aromatic N) is 1. The predicted octanol–water partition coefficient (Wildman–Crippen LogP) is 6.64. The van der Waals surface area contributed by atoms with E-state index in [9.17, 15) is 4.79 Å². The number of rotatable bonds is 6. The molecular weight excluding hydrogens is 454 g/mol. The molecule has 3 aromatic rings. The van der Waals surface area contributed by atoms with Gasteiger partial charge in [0, 0.05) is 20.6 Å². The molecule has 0 fully saturated rings. The van der Waals surface area contributed by atoms with Gasteiger partial charge in [0.25, 0.3) is 5.91 Å². The summed E-state index contributed by atoms with van der Waals surface area (Å²) in [6.07, 6.45) is 1.52. The van der Waals surface area contributed by atoms with Crippen molar-refractivity contribution < 1.29 is 9.53 Å². The minimum Gasteiger partial charge on any atom is -0.489 e. The Balaban J connectivity index is 1.55. The number of ether oxygens (including phenoxy) is 1. The van der Waals surface area contributed by atoms with Crippen LogP contribution in [0.3, 0.4) is 0 Å². The molecule has 148 valence electrons. The summed E-state index contributed by atoms with van der Waals surface area (Å²) in [5.41, 5.74) is 4.34. The summed E-state index contributed by atoms with van der Waals surface area (Å²) in [5, 5.41) is 5.78. The molecule has 4 nitrogen and oxygen atoms in total. The van der Waals surface area contributed by atoms with Gasteiger partial charge in [0.05, 0.1) is 16.8 Å². The molecule has 0 saturated carbocycles. The lowest BCUT2D eigenvalue weighted by molar-refractivity contribution is 0.0955. The number of nitrogens with one attached hydrogen (secondary N) is 1. The number of hydrogen-bond donors (Lipinski definition) is 1. The van der Waals surface area contributed by atoms with Crippen molar-refractivity contribution in [2.24, 2.45) is 5.10 Å². The first-order valence-electron chi connectivity index (χ1n) is 8.37. The predicted molar refractivity (Wildman–Crippen MR) is 119 cm³/mol. The molecule has 0 aromatic heterocycles. The summed E-state index contributed by atoms with van der Waals surface area (Å²) in [4.78, 5) is 12.1. The van der Waals surface area contributed by atoms with Gasteiger partial charge in [-0.25, -0.2) is 5.43 Å². The molecule has 0 atom stereocenters. The molecule has 0 radical (unpaired) electrons. The number of hydrogen-bond acceptors (Lipinski definition) is 3. The van der Waals surface area contributed by atoms with Gasteiger partial charge >= 0.3 is 0 Å². The van der Waals surface area contributed by atoms with Crippen LogP contribution in [-0.4, -0.2) is 12.1 Å². The van der Waals surface area contributed by atoms with Gasteiger partial charge in [0.15, 0.2) is 0 Å². The van der Waals surface area contributed by atoms with Crippen molar-refractivity contribution in [1.29, 1.82) is 0 Å². The van der Waals surface area contributed by atoms with Gasteiger partial charge in [0.1, 0.15) is 12.4 Å². The monoisotopic (exact) mass is 466 g/mol. The molecule has 0 bridgehead atoms. The number of carbonyl (C=O) groups is 1. The normalized spacial score (nSPS) is 10.9. The van der Waals surface area contributed by atoms with E-state index in [0.717, 1.165) is 11.1 Å². The van der Waals surface area contributed by atoms with Gasteiger partial charge in [-0.05, 0) is 60.2 Å². The van der Waals surface area contributed by atoms with Crippen LogP contribution in [0.1, 0.15) is 21.5 Å². The third kappa shape index (κ3) is 6.12. The first-order chi connectivity index (χ1) is 13.9. The third-order valence-corrected chi connectivity index (χ3v) is 4.98. The minimum atomic E-state index is -0.428. The largest absolute Gasteiger partial charge is 0.489 e. The molecule has 3 rings (SSSR count). The lowest BCUT2D eigenvalue weighted by atomic mass is 10.2. The van der Waals surface area contributed by atoms with Gasteiger partial charge in [0.2, 0.25) is 0 Å². The standard InChI is InChI=1S/C21H14Cl4N2O2/c22-15-4-3-14(19(24)9-15)12-29-17-6-1-13(2-7-17)11-26-27-21(28)18-8-5-16(23)10-20(18)25/h1-11H,12H2,(H,27,28)/b26-11-. The first kappa shape index (κ1) is 21.5. The molecule has 0 aliphatic heterocycles. The lowest BCUT2D eigenvalue weighted by Crippen LogP contribution is -2.18. The molecular formula is C21H14Cl4N2O2. The smallest absolute Gasteiger partial charge is 0.272 e. The van der Waals surface area contributed by atoms with E-state index in [-0.39, 0.29) is 10.6 Å². The average Bonchev–Trinajstić information content (AvgIpc) is 2.68. The second-order valence-corrected chi connectivity index (χ2v) is 7.60. The van der Waals surface area contributed by atoms with Gasteiger partial charge < -0.3 is 4.74 Å². The fraction of sp³-hybridized carbons (Fsp3) is 0.0476. The van der Waals surface area contributed by atoms with Gasteiger partial charge in [-0.1, -0.05) is 52.5 Å². The van der Waals surface area contributed by atoms with Crippen LogP contribution in [0.15, 0.2) is 65.8 Å². The van der Waals surface area contributed by atoms with Crippen molar-refractivity contribution in [1.82, 2.24) is 5.43 Å². The van der Waals surface area contributed by atoms with E-state index in [1.807, 2.05) is 18.2 Å². The summed E-state index contributed by atoms with van der Waals surface area (Å²) in [5.74, 6) is 0.243. The van der Waals surface area contributed by atoms with Crippen LogP contribution in [-0.2, 0) is 6.61 Å². The highest BCUT2D eigenvalue weighted by Crippen LogP contribution is 2.23. The molecule has 3 aromatic carbocycles. The van der Waals surface area contributed by atoms with Crippen LogP contribution < -0.4 is 10.2 Å². The average molecular weight is 468 g/mol. The zero-order valence-electron chi connectivity index (χ0n) is 14.8. The van der Waals surface area contributed by atoms with Crippen molar-refractivity contribution in [3.63, 3.8) is 0 Å². The molecule has 0 unspecified atom stereocenters. The first-order valence-corrected chi connectivity index (χ1v) is 9.89. The molecule has 0 aliphatic carbocycles. The van der Waals surface area contributed by atoms with E-state index < -0.39 is 5.91 Å². The van der Waals surface area contributed by atoms with E-state index in [1.165, 1.54) is 18.3 Å². The Morgan fingerprint density at radius 1 is 0.897 bits per heavy atom. The quantitative estimate of drug-likeness (QED) is 0.326. The topological polar surface area (TPSA) is 50.7 Å². The zero-order valence-corrected chi connectivity index (χ0v) is 17.9. The maximum absolute atomic E-state index is 12.1. The van der Waals surface area contributed by atoms with Gasteiger partial charge in [-0.2, -0.15) is 5.10 Å². The molecule has 0 spiro atoms. The zero-order chi connectivity index (χ0) is 20.8. The SMILES string of the molecule is O=C(N/N=C\c1ccc(OCc2ccc(Cl)cc2Cl)cc1)c1ccc(Cl)cc1Cl. The Kier molecular flexibility index (Phi) is 7.40. The maximum atomic E-state index is 12.1. The number of hydrazone groups is 1. The Hall–Kier alpha value is -2.24. The van der Waals surface area contributed by atoms with Crippen LogP contribution in [0.4, 0.5) is 0 Å². The minimum absolute atomic E-state index is 0.257. The summed E-state index contributed by atoms with van der Waals surface area (Å²) in [6.45, 7) is 0.321. The number of halogens is 4. The van der Waals surface area contributed by atoms with Crippen molar-refractivity contribution in [3.05, 3.63) is 97.4 Å². The van der Waals surface area contributed by atoms with Crippen LogP contribution in [0, 0.1) is 0 Å². The summed E-state index contributed by atoms with van der Waals surface area (Å²) in [7, 11) is 0. The second kappa shape index (κ2) is 9.99. The van der Waals surface area contributed by atoms with Crippen molar-refractivity contribution >= 4 is 58.5 Å². The fourth-order valence-electron chi connectivity index (χ4n) is 2.35. The Bertz CT molecular complexity index is 1050. The van der Waals surface area contributed by atoms with E-state index in [4.69, 9.17) is 51.1 Å². The van der Waals surface area contributed by atoms with Crippen molar-refractivity contribution in [3.8, 4) is 5.75 Å². The molecule has 0 aliphatic rings. The highest BCUT2D eigenvalue weighted by atomic mass is 35.5. The van der Waals surface area contributed by atoms with Crippen LogP contribution in [0.2, 0.25) is 20.1 Å². The van der Waals surface area contributed by atoms with Crippen molar-refractivity contribution in [2.45, 2.75) is 6.61 Å². The Morgan fingerprint density at radius 3 is 2.21 bits per heavy atom. The van der Waals surface area contributed by atoms with Crippen LogP contribution >= 0.6 is 46.4 Å². The van der Waals surface area contributed by atoms with Gasteiger partial charge in [-0.15, -0.1) is 0 Å². The maximum Gasteiger partial charge on any atom is 0.272 e. The van der Waals surface area contributed by atoms with E-state index >= 15 is 0 Å². The van der Waals surface area contributed by atoms with Crippen LogP contribution in [0.25, 0.3) is 0 Å². The lowest BCUT2D eigenvalue weighted by Gasteiger charge is -2.08. The van der Waals surface area contributed by atoms with Crippen molar-refractivity contribution in [2.75, 3.05) is 0 Å².